The number of hydrogen-bond acceptors (Lipinski definition) is 2. The molecule has 0 saturated carbocycles. The van der Waals surface area contributed by atoms with Gasteiger partial charge < -0.3 is 10.1 Å². The second-order valence-corrected chi connectivity index (χ2v) is 5.86. The summed E-state index contributed by atoms with van der Waals surface area (Å²) in [4.78, 5) is 18.4. The van der Waals surface area contributed by atoms with E-state index in [1.165, 1.54) is 0 Å². The van der Waals surface area contributed by atoms with Crippen molar-refractivity contribution >= 4 is 5.97 Å². The van der Waals surface area contributed by atoms with Crippen LogP contribution in [0.4, 0.5) is 0 Å². The van der Waals surface area contributed by atoms with Gasteiger partial charge in [0.2, 0.25) is 0 Å². The molecule has 1 aromatic rings. The minimum absolute atomic E-state index is 0.0125. The number of aromatic nitrogens is 2. The molecule has 0 fully saturated rings. The number of rotatable bonds is 3. The van der Waals surface area contributed by atoms with E-state index in [4.69, 9.17) is 5.11 Å². The molecule has 0 radical (unpaired) electrons. The van der Waals surface area contributed by atoms with E-state index in [-0.39, 0.29) is 5.41 Å². The van der Waals surface area contributed by atoms with Crippen LogP contribution in [-0.4, -0.2) is 21.0 Å². The van der Waals surface area contributed by atoms with Crippen molar-refractivity contribution in [2.24, 2.45) is 5.41 Å². The molecule has 0 unspecified atom stereocenters. The van der Waals surface area contributed by atoms with E-state index in [0.717, 1.165) is 11.5 Å². The van der Waals surface area contributed by atoms with Crippen LogP contribution in [0.1, 0.15) is 46.1 Å². The van der Waals surface area contributed by atoms with E-state index in [2.05, 4.69) is 30.7 Å². The van der Waals surface area contributed by atoms with E-state index in [0.29, 0.717) is 6.42 Å². The Morgan fingerprint density at radius 3 is 2.31 bits per heavy atom. The lowest BCUT2D eigenvalue weighted by Crippen LogP contribution is -2.26. The average Bonchev–Trinajstić information content (AvgIpc) is 2.50. The highest BCUT2D eigenvalue weighted by atomic mass is 16.4. The van der Waals surface area contributed by atoms with Gasteiger partial charge in [0.15, 0.2) is 0 Å². The Labute approximate surface area is 96.1 Å². The predicted octanol–water partition coefficient (Wildman–Crippen LogP) is 2.36. The van der Waals surface area contributed by atoms with Crippen LogP contribution in [0.3, 0.4) is 0 Å². The third-order valence-corrected chi connectivity index (χ3v) is 2.62. The van der Waals surface area contributed by atoms with Crippen LogP contribution in [0.5, 0.6) is 0 Å². The number of carbonyl (C=O) groups is 1. The quantitative estimate of drug-likeness (QED) is 0.828. The topological polar surface area (TPSA) is 66.0 Å². The lowest BCUT2D eigenvalue weighted by molar-refractivity contribution is -0.146. The summed E-state index contributed by atoms with van der Waals surface area (Å²) < 4.78 is 0. The van der Waals surface area contributed by atoms with Crippen LogP contribution in [0.25, 0.3) is 0 Å². The van der Waals surface area contributed by atoms with Crippen molar-refractivity contribution in [3.63, 3.8) is 0 Å². The summed E-state index contributed by atoms with van der Waals surface area (Å²) in [7, 11) is 0. The molecule has 4 nitrogen and oxygen atoms in total. The smallest absolute Gasteiger partial charge is 0.309 e. The molecule has 0 spiro atoms. The first-order valence-corrected chi connectivity index (χ1v) is 5.41. The lowest BCUT2D eigenvalue weighted by Gasteiger charge is -2.18. The Morgan fingerprint density at radius 2 is 1.94 bits per heavy atom. The molecule has 90 valence electrons. The van der Waals surface area contributed by atoms with Crippen molar-refractivity contribution < 1.29 is 9.90 Å². The summed E-state index contributed by atoms with van der Waals surface area (Å²) in [6, 6.07) is 0. The van der Waals surface area contributed by atoms with Gasteiger partial charge in [-0.05, 0) is 13.8 Å². The minimum Gasteiger partial charge on any atom is -0.481 e. The fourth-order valence-electron chi connectivity index (χ4n) is 1.33. The van der Waals surface area contributed by atoms with Gasteiger partial charge in [0.1, 0.15) is 5.82 Å². The lowest BCUT2D eigenvalue weighted by atomic mass is 9.89. The summed E-state index contributed by atoms with van der Waals surface area (Å²) in [6.45, 7) is 9.68. The molecule has 1 rings (SSSR count). The van der Waals surface area contributed by atoms with Crippen LogP contribution in [0, 0.1) is 5.41 Å². The molecule has 0 aliphatic heterocycles. The molecule has 4 heteroatoms. The molecule has 0 atom stereocenters. The number of nitrogens with zero attached hydrogens (tertiary/aromatic N) is 1. The maximum atomic E-state index is 11.0. The second-order valence-electron chi connectivity index (χ2n) is 5.86. The number of nitrogens with one attached hydrogen (secondary N) is 1. The molecule has 0 amide bonds. The van der Waals surface area contributed by atoms with Gasteiger partial charge in [-0.1, -0.05) is 20.8 Å². The van der Waals surface area contributed by atoms with Crippen LogP contribution in [0.2, 0.25) is 0 Å². The normalized spacial score (nSPS) is 12.8. The highest BCUT2D eigenvalue weighted by Crippen LogP contribution is 2.24. The number of imidazole rings is 1. The molecule has 0 aromatic carbocycles. The van der Waals surface area contributed by atoms with Gasteiger partial charge in [-0.25, -0.2) is 4.98 Å². The molecule has 0 bridgehead atoms. The highest BCUT2D eigenvalue weighted by Gasteiger charge is 2.29. The largest absolute Gasteiger partial charge is 0.481 e. The zero-order chi connectivity index (χ0) is 12.6. The van der Waals surface area contributed by atoms with Gasteiger partial charge in [-0.2, -0.15) is 0 Å². The van der Waals surface area contributed by atoms with E-state index in [1.807, 2.05) is 0 Å². The molecule has 0 saturated heterocycles. The van der Waals surface area contributed by atoms with Gasteiger partial charge >= 0.3 is 5.97 Å². The Morgan fingerprint density at radius 1 is 1.38 bits per heavy atom. The van der Waals surface area contributed by atoms with Crippen molar-refractivity contribution in [1.82, 2.24) is 9.97 Å². The average molecular weight is 224 g/mol. The first-order valence-electron chi connectivity index (χ1n) is 5.41. The highest BCUT2D eigenvalue weighted by molar-refractivity contribution is 5.73. The van der Waals surface area contributed by atoms with Gasteiger partial charge in [-0.15, -0.1) is 0 Å². The number of carboxylic acid groups (broad SMARTS) is 1. The van der Waals surface area contributed by atoms with E-state index in [9.17, 15) is 4.79 Å². The number of H-pyrrole nitrogens is 1. The second kappa shape index (κ2) is 3.92. The van der Waals surface area contributed by atoms with Gasteiger partial charge in [-0.3, -0.25) is 4.79 Å². The predicted molar refractivity (Wildman–Crippen MR) is 62.4 cm³/mol. The third-order valence-electron chi connectivity index (χ3n) is 2.62. The summed E-state index contributed by atoms with van der Waals surface area (Å²) >= 11 is 0. The van der Waals surface area contributed by atoms with Crippen molar-refractivity contribution in [1.29, 1.82) is 0 Å². The van der Waals surface area contributed by atoms with Crippen LogP contribution in [0.15, 0.2) is 6.20 Å². The van der Waals surface area contributed by atoms with E-state index < -0.39 is 11.4 Å². The number of hydrogen-bond donors (Lipinski definition) is 2. The Bertz CT molecular complexity index is 386. The van der Waals surface area contributed by atoms with Crippen LogP contribution < -0.4 is 0 Å². The molecule has 0 aliphatic carbocycles. The third kappa shape index (κ3) is 2.84. The summed E-state index contributed by atoms with van der Waals surface area (Å²) in [5.41, 5.74) is 0.259. The maximum Gasteiger partial charge on any atom is 0.309 e. The van der Waals surface area contributed by atoms with Crippen molar-refractivity contribution in [2.45, 2.75) is 46.5 Å². The zero-order valence-electron chi connectivity index (χ0n) is 10.6. The fourth-order valence-corrected chi connectivity index (χ4v) is 1.33. The number of aromatic amines is 1. The van der Waals surface area contributed by atoms with Crippen molar-refractivity contribution in [2.75, 3.05) is 0 Å². The fraction of sp³-hybridized carbons (Fsp3) is 0.667. The molecule has 1 heterocycles. The molecular weight excluding hydrogens is 204 g/mol. The van der Waals surface area contributed by atoms with E-state index in [1.54, 1.807) is 20.0 Å². The maximum absolute atomic E-state index is 11.0. The Balaban J connectivity index is 2.85. The number of aliphatic carboxylic acids is 1. The monoisotopic (exact) mass is 224 g/mol. The Kier molecular flexibility index (Phi) is 3.13. The molecule has 2 N–H and O–H groups in total. The SMILES string of the molecule is CC(C)(Cc1ncc(C(C)(C)C)[nH]1)C(=O)O. The first-order chi connectivity index (χ1) is 7.13. The molecule has 0 aliphatic rings. The molecule has 16 heavy (non-hydrogen) atoms. The molecule has 1 aromatic heterocycles. The van der Waals surface area contributed by atoms with Gasteiger partial charge in [0, 0.05) is 23.7 Å². The summed E-state index contributed by atoms with van der Waals surface area (Å²) in [5.74, 6) is -0.0708. The van der Waals surface area contributed by atoms with Crippen LogP contribution >= 0.6 is 0 Å². The summed E-state index contributed by atoms with van der Waals surface area (Å²) in [5, 5.41) is 9.03. The van der Waals surface area contributed by atoms with Gasteiger partial charge in [0.25, 0.3) is 0 Å². The number of carboxylic acids is 1. The van der Waals surface area contributed by atoms with Crippen molar-refractivity contribution in [3.05, 3.63) is 17.7 Å². The standard InChI is InChI=1S/C12H20N2O2/c1-11(2,3)8-7-13-9(14-8)6-12(4,5)10(15)16/h7H,6H2,1-5H3,(H,13,14)(H,15,16). The van der Waals surface area contributed by atoms with E-state index >= 15 is 0 Å². The van der Waals surface area contributed by atoms with Crippen LogP contribution in [-0.2, 0) is 16.6 Å². The summed E-state index contributed by atoms with van der Waals surface area (Å²) in [6.07, 6.45) is 2.20. The zero-order valence-corrected chi connectivity index (χ0v) is 10.6. The van der Waals surface area contributed by atoms with Crippen molar-refractivity contribution in [3.8, 4) is 0 Å². The Hall–Kier alpha value is -1.32. The minimum atomic E-state index is -0.804. The molecular formula is C12H20N2O2. The first kappa shape index (κ1) is 12.7. The van der Waals surface area contributed by atoms with Gasteiger partial charge in [0.05, 0.1) is 5.41 Å².